The highest BCUT2D eigenvalue weighted by Crippen LogP contribution is 2.22. The molecule has 1 atom stereocenters. The zero-order valence-electron chi connectivity index (χ0n) is 14.7. The predicted octanol–water partition coefficient (Wildman–Crippen LogP) is 3.72. The molecule has 0 bridgehead atoms. The summed E-state index contributed by atoms with van der Waals surface area (Å²) in [6.45, 7) is 2.88. The van der Waals surface area contributed by atoms with Gasteiger partial charge in [0.25, 0.3) is 5.91 Å². The first-order chi connectivity index (χ1) is 12.4. The van der Waals surface area contributed by atoms with Crippen LogP contribution in [-0.4, -0.2) is 23.8 Å². The lowest BCUT2D eigenvalue weighted by Gasteiger charge is -2.13. The topological polar surface area (TPSA) is 81.7 Å². The molecular weight excluding hydrogens is 334 g/mol. The van der Waals surface area contributed by atoms with Gasteiger partial charge in [-0.25, -0.2) is 0 Å². The van der Waals surface area contributed by atoms with E-state index in [2.05, 4.69) is 5.32 Å². The van der Waals surface area contributed by atoms with Gasteiger partial charge in [-0.05, 0) is 50.2 Å². The summed E-state index contributed by atoms with van der Waals surface area (Å²) in [5, 5.41) is 2.66. The summed E-state index contributed by atoms with van der Waals surface area (Å²) in [7, 11) is 0. The number of rotatable bonds is 8. The van der Waals surface area contributed by atoms with Crippen LogP contribution in [-0.2, 0) is 19.1 Å². The first-order valence-electron chi connectivity index (χ1n) is 8.27. The van der Waals surface area contributed by atoms with Crippen LogP contribution in [0.5, 0.6) is 11.5 Å². The molecular formula is C20H21NO5. The Labute approximate surface area is 152 Å². The molecule has 0 radical (unpaired) electrons. The Morgan fingerprint density at radius 2 is 1.54 bits per heavy atom. The van der Waals surface area contributed by atoms with E-state index in [0.29, 0.717) is 11.4 Å². The van der Waals surface area contributed by atoms with E-state index >= 15 is 0 Å². The van der Waals surface area contributed by atoms with Gasteiger partial charge in [0.1, 0.15) is 17.3 Å². The lowest BCUT2D eigenvalue weighted by Crippen LogP contribution is -2.30. The van der Waals surface area contributed by atoms with Crippen LogP contribution in [0.2, 0.25) is 0 Å². The molecule has 0 saturated carbocycles. The fraction of sp³-hybridized carbons (Fsp3) is 0.250. The Kier molecular flexibility index (Phi) is 6.91. The van der Waals surface area contributed by atoms with Gasteiger partial charge in [-0.2, -0.15) is 0 Å². The van der Waals surface area contributed by atoms with Crippen LogP contribution in [0.1, 0.15) is 26.7 Å². The van der Waals surface area contributed by atoms with Gasteiger partial charge < -0.3 is 19.6 Å². The van der Waals surface area contributed by atoms with Crippen molar-refractivity contribution in [3.8, 4) is 11.5 Å². The van der Waals surface area contributed by atoms with Crippen LogP contribution in [0.4, 0.5) is 5.69 Å². The minimum absolute atomic E-state index is 0.0293. The van der Waals surface area contributed by atoms with Crippen molar-refractivity contribution in [1.29, 1.82) is 0 Å². The summed E-state index contributed by atoms with van der Waals surface area (Å²) >= 11 is 0. The molecule has 0 heterocycles. The molecule has 136 valence electrons. The maximum Gasteiger partial charge on any atom is 0.307 e. The molecule has 26 heavy (non-hydrogen) atoms. The maximum atomic E-state index is 12.1. The van der Waals surface area contributed by atoms with Crippen molar-refractivity contribution in [3.05, 3.63) is 54.6 Å². The molecule has 2 aromatic rings. The number of benzene rings is 2. The normalized spacial score (nSPS) is 11.3. The van der Waals surface area contributed by atoms with E-state index in [1.807, 2.05) is 30.3 Å². The number of anilines is 1. The van der Waals surface area contributed by atoms with Crippen LogP contribution in [0, 0.1) is 0 Å². The summed E-state index contributed by atoms with van der Waals surface area (Å²) < 4.78 is 10.7. The van der Waals surface area contributed by atoms with Gasteiger partial charge in [0, 0.05) is 12.1 Å². The minimum atomic E-state index is -0.949. The van der Waals surface area contributed by atoms with E-state index in [4.69, 9.17) is 9.47 Å². The zero-order chi connectivity index (χ0) is 18.9. The predicted molar refractivity (Wildman–Crippen MR) is 97.1 cm³/mol. The lowest BCUT2D eigenvalue weighted by molar-refractivity contribution is -0.153. The third-order valence-corrected chi connectivity index (χ3v) is 3.46. The molecule has 0 fully saturated rings. The van der Waals surface area contributed by atoms with Crippen molar-refractivity contribution < 1.29 is 23.9 Å². The van der Waals surface area contributed by atoms with Crippen LogP contribution in [0.15, 0.2) is 54.6 Å². The van der Waals surface area contributed by atoms with Gasteiger partial charge in [-0.1, -0.05) is 18.2 Å². The number of amides is 1. The highest BCUT2D eigenvalue weighted by molar-refractivity contribution is 5.95. The molecule has 0 saturated heterocycles. The number of carbonyl (C=O) groups excluding carboxylic acids is 3. The molecule has 0 aliphatic carbocycles. The number of ketones is 1. The molecule has 2 aromatic carbocycles. The number of esters is 1. The highest BCUT2D eigenvalue weighted by Gasteiger charge is 2.18. The van der Waals surface area contributed by atoms with Crippen molar-refractivity contribution in [2.45, 2.75) is 32.8 Å². The third kappa shape index (κ3) is 6.39. The monoisotopic (exact) mass is 355 g/mol. The number of carbonyl (C=O) groups is 3. The summed E-state index contributed by atoms with van der Waals surface area (Å²) in [4.78, 5) is 34.5. The molecule has 0 unspecified atom stereocenters. The van der Waals surface area contributed by atoms with E-state index in [-0.39, 0.29) is 18.6 Å². The number of hydrogen-bond donors (Lipinski definition) is 1. The Hall–Kier alpha value is -3.15. The van der Waals surface area contributed by atoms with Gasteiger partial charge in [-0.3, -0.25) is 9.59 Å². The first-order valence-corrected chi connectivity index (χ1v) is 8.27. The number of Topliss-reactive ketones (excluding diaryl/α,β-unsaturated/α-hetero) is 1. The molecule has 0 aliphatic rings. The molecule has 6 heteroatoms. The summed E-state index contributed by atoms with van der Waals surface area (Å²) in [6, 6.07) is 16.2. The van der Waals surface area contributed by atoms with E-state index in [1.54, 1.807) is 24.3 Å². The second kappa shape index (κ2) is 9.36. The van der Waals surface area contributed by atoms with Crippen LogP contribution >= 0.6 is 0 Å². The van der Waals surface area contributed by atoms with Gasteiger partial charge in [-0.15, -0.1) is 0 Å². The smallest absolute Gasteiger partial charge is 0.307 e. The molecule has 1 N–H and O–H groups in total. The van der Waals surface area contributed by atoms with E-state index < -0.39 is 18.0 Å². The third-order valence-electron chi connectivity index (χ3n) is 3.46. The van der Waals surface area contributed by atoms with Crippen molar-refractivity contribution in [2.75, 3.05) is 5.32 Å². The number of hydrogen-bond acceptors (Lipinski definition) is 5. The average Bonchev–Trinajstić information content (AvgIpc) is 2.62. The number of nitrogens with one attached hydrogen (secondary N) is 1. The second-order valence-electron chi connectivity index (χ2n) is 5.76. The molecule has 6 nitrogen and oxygen atoms in total. The zero-order valence-corrected chi connectivity index (χ0v) is 14.7. The second-order valence-corrected chi connectivity index (χ2v) is 5.76. The Balaban J connectivity index is 1.84. The van der Waals surface area contributed by atoms with Crippen LogP contribution in [0.3, 0.4) is 0 Å². The lowest BCUT2D eigenvalue weighted by atomic mass is 10.2. The van der Waals surface area contributed by atoms with Crippen molar-refractivity contribution in [1.82, 2.24) is 0 Å². The minimum Gasteiger partial charge on any atom is -0.457 e. The first kappa shape index (κ1) is 19.2. The summed E-state index contributed by atoms with van der Waals surface area (Å²) in [5.74, 6) is 0.234. The van der Waals surface area contributed by atoms with Gasteiger partial charge in [0.05, 0.1) is 6.42 Å². The van der Waals surface area contributed by atoms with Gasteiger partial charge >= 0.3 is 5.97 Å². The molecule has 0 aromatic heterocycles. The van der Waals surface area contributed by atoms with Crippen LogP contribution < -0.4 is 10.1 Å². The van der Waals surface area contributed by atoms with Crippen LogP contribution in [0.25, 0.3) is 0 Å². The fourth-order valence-corrected chi connectivity index (χ4v) is 2.06. The highest BCUT2D eigenvalue weighted by atomic mass is 16.5. The SMILES string of the molecule is CC(=O)CCC(=O)O[C@@H](C)C(=O)Nc1ccc(Oc2ccccc2)cc1. The summed E-state index contributed by atoms with van der Waals surface area (Å²) in [5.41, 5.74) is 0.557. The summed E-state index contributed by atoms with van der Waals surface area (Å²) in [6.07, 6.45) is -0.871. The molecule has 1 amide bonds. The Bertz CT molecular complexity index is 756. The number of ether oxygens (including phenoxy) is 2. The fourth-order valence-electron chi connectivity index (χ4n) is 2.06. The molecule has 0 spiro atoms. The van der Waals surface area contributed by atoms with E-state index in [1.165, 1.54) is 13.8 Å². The Morgan fingerprint density at radius 3 is 2.15 bits per heavy atom. The standard InChI is InChI=1S/C20H21NO5/c1-14(22)8-13-19(23)25-15(2)20(24)21-16-9-11-18(12-10-16)26-17-6-4-3-5-7-17/h3-7,9-12,15H,8,13H2,1-2H3,(H,21,24)/t15-/m0/s1. The van der Waals surface area contributed by atoms with Crippen molar-refractivity contribution >= 4 is 23.3 Å². The van der Waals surface area contributed by atoms with E-state index in [9.17, 15) is 14.4 Å². The van der Waals surface area contributed by atoms with Crippen molar-refractivity contribution in [2.24, 2.45) is 0 Å². The van der Waals surface area contributed by atoms with E-state index in [0.717, 1.165) is 5.75 Å². The van der Waals surface area contributed by atoms with Gasteiger partial charge in [0.2, 0.25) is 0 Å². The maximum absolute atomic E-state index is 12.1. The molecule has 2 rings (SSSR count). The van der Waals surface area contributed by atoms with Crippen molar-refractivity contribution in [3.63, 3.8) is 0 Å². The largest absolute Gasteiger partial charge is 0.457 e. The van der Waals surface area contributed by atoms with Gasteiger partial charge in [0.15, 0.2) is 6.10 Å². The Morgan fingerprint density at radius 1 is 0.923 bits per heavy atom. The average molecular weight is 355 g/mol. The molecule has 0 aliphatic heterocycles. The number of para-hydroxylation sites is 1. The quantitative estimate of drug-likeness (QED) is 0.730.